The van der Waals surface area contributed by atoms with E-state index >= 15 is 0 Å². The van der Waals surface area contributed by atoms with Crippen molar-refractivity contribution in [1.29, 1.82) is 0 Å². The first kappa shape index (κ1) is 10.2. The second-order valence-corrected chi connectivity index (χ2v) is 3.25. The molecule has 0 fully saturated rings. The normalized spacial score (nSPS) is 10.2. The van der Waals surface area contributed by atoms with Gasteiger partial charge in [-0.2, -0.15) is 4.98 Å². The van der Waals surface area contributed by atoms with E-state index in [2.05, 4.69) is 10.1 Å². The molecule has 0 aliphatic heterocycles. The van der Waals surface area contributed by atoms with Gasteiger partial charge in [-0.05, 0) is 11.6 Å². The van der Waals surface area contributed by atoms with Gasteiger partial charge in [-0.3, -0.25) is 4.79 Å². The van der Waals surface area contributed by atoms with Gasteiger partial charge >= 0.3 is 0 Å². The Hall–Kier alpha value is -2.37. The van der Waals surface area contributed by atoms with Crippen LogP contribution >= 0.6 is 0 Å². The first-order valence-corrected chi connectivity index (χ1v) is 4.62. The van der Waals surface area contributed by atoms with E-state index in [1.807, 2.05) is 18.2 Å². The van der Waals surface area contributed by atoms with Crippen molar-refractivity contribution in [1.82, 2.24) is 10.1 Å². The molecule has 0 aliphatic rings. The Morgan fingerprint density at radius 2 is 2.12 bits per heavy atom. The van der Waals surface area contributed by atoms with Crippen molar-refractivity contribution in [3.8, 4) is 0 Å². The fourth-order valence-corrected chi connectivity index (χ4v) is 1.28. The van der Waals surface area contributed by atoms with Crippen molar-refractivity contribution < 1.29 is 9.32 Å². The number of benzene rings is 1. The lowest BCUT2D eigenvalue weighted by Crippen LogP contribution is -2.12. The zero-order valence-corrected chi connectivity index (χ0v) is 8.38. The lowest BCUT2D eigenvalue weighted by atomic mass is 10.1. The minimum Gasteiger partial charge on any atom is -0.398 e. The van der Waals surface area contributed by atoms with Crippen LogP contribution in [-0.4, -0.2) is 16.0 Å². The smallest absolute Gasteiger partial charge is 0.290 e. The zero-order valence-electron chi connectivity index (χ0n) is 8.38. The van der Waals surface area contributed by atoms with Gasteiger partial charge in [-0.25, -0.2) is 0 Å². The summed E-state index contributed by atoms with van der Waals surface area (Å²) in [5.74, 6) is -0.521. The highest BCUT2D eigenvalue weighted by molar-refractivity contribution is 5.88. The number of anilines is 1. The lowest BCUT2D eigenvalue weighted by Gasteiger charge is -2.00. The van der Waals surface area contributed by atoms with E-state index in [1.54, 1.807) is 6.07 Å². The third kappa shape index (κ3) is 2.00. The molecule has 82 valence electrons. The standard InChI is InChI=1S/C10H10N4O2/c11-7-4-2-1-3-6(7)5-8-13-10(9(12)15)14-16-8/h1-4H,5,11H2,(H2,12,15). The van der Waals surface area contributed by atoms with Gasteiger partial charge in [-0.15, -0.1) is 0 Å². The minimum atomic E-state index is -0.712. The van der Waals surface area contributed by atoms with E-state index in [-0.39, 0.29) is 5.82 Å². The van der Waals surface area contributed by atoms with Crippen LogP contribution in [0.1, 0.15) is 22.1 Å². The fraction of sp³-hybridized carbons (Fsp3) is 0.100. The molecule has 1 aromatic carbocycles. The van der Waals surface area contributed by atoms with Gasteiger partial charge < -0.3 is 16.0 Å². The number of carbonyl (C=O) groups excluding carboxylic acids is 1. The summed E-state index contributed by atoms with van der Waals surface area (Å²) < 4.78 is 4.87. The number of nitrogens with two attached hydrogens (primary N) is 2. The molecule has 0 saturated carbocycles. The molecule has 4 N–H and O–H groups in total. The van der Waals surface area contributed by atoms with Gasteiger partial charge in [0.15, 0.2) is 0 Å². The number of hydrogen-bond acceptors (Lipinski definition) is 5. The summed E-state index contributed by atoms with van der Waals surface area (Å²) >= 11 is 0. The molecule has 1 amide bonds. The summed E-state index contributed by atoms with van der Waals surface area (Å²) in [4.78, 5) is 14.6. The third-order valence-electron chi connectivity index (χ3n) is 2.09. The van der Waals surface area contributed by atoms with Crippen LogP contribution in [0.4, 0.5) is 5.69 Å². The molecule has 2 rings (SSSR count). The molecular formula is C10H10N4O2. The predicted molar refractivity (Wildman–Crippen MR) is 56.5 cm³/mol. The highest BCUT2D eigenvalue weighted by Gasteiger charge is 2.12. The Balaban J connectivity index is 2.21. The Bertz CT molecular complexity index is 521. The SMILES string of the molecule is NC(=O)c1noc(Cc2ccccc2N)n1. The van der Waals surface area contributed by atoms with E-state index in [0.29, 0.717) is 18.0 Å². The highest BCUT2D eigenvalue weighted by Crippen LogP contribution is 2.14. The summed E-state index contributed by atoms with van der Waals surface area (Å²) in [5, 5.41) is 3.44. The molecule has 0 bridgehead atoms. The Kier molecular flexibility index (Phi) is 2.55. The molecule has 1 heterocycles. The van der Waals surface area contributed by atoms with Crippen molar-refractivity contribution in [3.63, 3.8) is 0 Å². The van der Waals surface area contributed by atoms with Gasteiger partial charge in [-0.1, -0.05) is 23.4 Å². The molecule has 16 heavy (non-hydrogen) atoms. The van der Waals surface area contributed by atoms with Gasteiger partial charge in [0.25, 0.3) is 11.7 Å². The molecule has 6 nitrogen and oxygen atoms in total. The average molecular weight is 218 g/mol. The highest BCUT2D eigenvalue weighted by atomic mass is 16.5. The van der Waals surface area contributed by atoms with Crippen LogP contribution in [0.3, 0.4) is 0 Å². The minimum absolute atomic E-state index is 0.121. The molecule has 0 aliphatic carbocycles. The van der Waals surface area contributed by atoms with E-state index in [1.165, 1.54) is 0 Å². The van der Waals surface area contributed by atoms with Crippen molar-refractivity contribution >= 4 is 11.6 Å². The van der Waals surface area contributed by atoms with Crippen LogP contribution in [0.2, 0.25) is 0 Å². The summed E-state index contributed by atoms with van der Waals surface area (Å²) in [6.45, 7) is 0. The van der Waals surface area contributed by atoms with Crippen molar-refractivity contribution in [3.05, 3.63) is 41.5 Å². The van der Waals surface area contributed by atoms with Crippen LogP contribution in [-0.2, 0) is 6.42 Å². The van der Waals surface area contributed by atoms with Crippen molar-refractivity contribution in [2.75, 3.05) is 5.73 Å². The lowest BCUT2D eigenvalue weighted by molar-refractivity contribution is 0.0987. The predicted octanol–water partition coefficient (Wildman–Crippen LogP) is 0.341. The topological polar surface area (TPSA) is 108 Å². The third-order valence-corrected chi connectivity index (χ3v) is 2.09. The molecule has 0 saturated heterocycles. The number of primary amides is 1. The summed E-state index contributed by atoms with van der Waals surface area (Å²) in [6.07, 6.45) is 0.382. The molecule has 0 atom stereocenters. The van der Waals surface area contributed by atoms with Gasteiger partial charge in [0, 0.05) is 5.69 Å². The van der Waals surface area contributed by atoms with E-state index in [9.17, 15) is 4.79 Å². The van der Waals surface area contributed by atoms with Gasteiger partial charge in [0.2, 0.25) is 5.89 Å². The summed E-state index contributed by atoms with van der Waals surface area (Å²) in [7, 11) is 0. The molecule has 0 spiro atoms. The molecule has 2 aromatic rings. The monoisotopic (exact) mass is 218 g/mol. The van der Waals surface area contributed by atoms with Crippen LogP contribution in [0.5, 0.6) is 0 Å². The number of hydrogen-bond donors (Lipinski definition) is 2. The van der Waals surface area contributed by atoms with Crippen LogP contribution < -0.4 is 11.5 Å². The maximum absolute atomic E-state index is 10.7. The van der Waals surface area contributed by atoms with Crippen molar-refractivity contribution in [2.45, 2.75) is 6.42 Å². The van der Waals surface area contributed by atoms with Crippen LogP contribution in [0.25, 0.3) is 0 Å². The fourth-order valence-electron chi connectivity index (χ4n) is 1.28. The van der Waals surface area contributed by atoms with E-state index in [0.717, 1.165) is 5.56 Å². The first-order valence-electron chi connectivity index (χ1n) is 4.62. The summed E-state index contributed by atoms with van der Waals surface area (Å²) in [6, 6.07) is 7.32. The van der Waals surface area contributed by atoms with Crippen molar-refractivity contribution in [2.24, 2.45) is 5.73 Å². The number of para-hydroxylation sites is 1. The van der Waals surface area contributed by atoms with Gasteiger partial charge in [0.05, 0.1) is 6.42 Å². The number of nitrogen functional groups attached to an aromatic ring is 1. The molecule has 1 aromatic heterocycles. The number of nitrogens with zero attached hydrogens (tertiary/aromatic N) is 2. The maximum Gasteiger partial charge on any atom is 0.290 e. The Morgan fingerprint density at radius 1 is 1.38 bits per heavy atom. The average Bonchev–Trinajstić information content (AvgIpc) is 2.70. The molecule has 0 radical (unpaired) electrons. The number of amides is 1. The van der Waals surface area contributed by atoms with E-state index < -0.39 is 5.91 Å². The van der Waals surface area contributed by atoms with E-state index in [4.69, 9.17) is 16.0 Å². The molecule has 6 heteroatoms. The number of aromatic nitrogens is 2. The second-order valence-electron chi connectivity index (χ2n) is 3.25. The molecular weight excluding hydrogens is 208 g/mol. The Morgan fingerprint density at radius 3 is 2.75 bits per heavy atom. The Labute approximate surface area is 91.2 Å². The number of rotatable bonds is 3. The van der Waals surface area contributed by atoms with Crippen LogP contribution in [0, 0.1) is 0 Å². The number of carbonyl (C=O) groups is 1. The second kappa shape index (κ2) is 4.01. The zero-order chi connectivity index (χ0) is 11.5. The first-order chi connectivity index (χ1) is 7.66. The summed E-state index contributed by atoms with van der Waals surface area (Å²) in [5.41, 5.74) is 12.3. The van der Waals surface area contributed by atoms with Crippen LogP contribution in [0.15, 0.2) is 28.8 Å². The quantitative estimate of drug-likeness (QED) is 0.722. The largest absolute Gasteiger partial charge is 0.398 e. The molecule has 0 unspecified atom stereocenters. The van der Waals surface area contributed by atoms with Gasteiger partial charge in [0.1, 0.15) is 0 Å². The maximum atomic E-state index is 10.7.